The molecular formula is C11H15BrN4O2. The first-order valence-corrected chi connectivity index (χ1v) is 6.73. The van der Waals surface area contributed by atoms with Crippen LogP contribution in [0.25, 0.3) is 0 Å². The van der Waals surface area contributed by atoms with Crippen LogP contribution >= 0.6 is 15.9 Å². The summed E-state index contributed by atoms with van der Waals surface area (Å²) in [4.78, 5) is 14.3. The lowest BCUT2D eigenvalue weighted by molar-refractivity contribution is -0.384. The van der Waals surface area contributed by atoms with Crippen molar-refractivity contribution in [3.8, 4) is 0 Å². The van der Waals surface area contributed by atoms with Gasteiger partial charge in [0, 0.05) is 18.8 Å². The smallest absolute Gasteiger partial charge is 0.311 e. The molecule has 0 unspecified atom stereocenters. The number of nitrogens with one attached hydrogen (secondary N) is 2. The molecule has 0 bridgehead atoms. The molecule has 0 amide bonds. The largest absolute Gasteiger partial charge is 0.378 e. The molecule has 1 aromatic heterocycles. The number of aromatic nitrogens is 1. The second-order valence-corrected chi connectivity index (χ2v) is 5.14. The molecule has 98 valence electrons. The van der Waals surface area contributed by atoms with E-state index in [-0.39, 0.29) is 5.69 Å². The molecule has 6 nitrogen and oxygen atoms in total. The first kappa shape index (κ1) is 13.2. The van der Waals surface area contributed by atoms with Gasteiger partial charge in [0.25, 0.3) is 0 Å². The first-order chi connectivity index (χ1) is 8.68. The van der Waals surface area contributed by atoms with Crippen molar-refractivity contribution in [2.45, 2.75) is 25.3 Å². The molecule has 1 fully saturated rings. The number of anilines is 1. The van der Waals surface area contributed by atoms with Crippen LogP contribution in [0.5, 0.6) is 0 Å². The number of nitrogens with zero attached hydrogens (tertiary/aromatic N) is 2. The Hall–Kier alpha value is -1.21. The molecule has 1 aromatic rings. The van der Waals surface area contributed by atoms with Crippen molar-refractivity contribution in [1.82, 2.24) is 10.3 Å². The molecule has 2 heterocycles. The minimum absolute atomic E-state index is 0.00348. The number of hydrogen-bond donors (Lipinski definition) is 2. The molecule has 0 aliphatic carbocycles. The maximum atomic E-state index is 10.9. The van der Waals surface area contributed by atoms with Crippen LogP contribution < -0.4 is 10.6 Å². The predicted molar refractivity (Wildman–Crippen MR) is 72.7 cm³/mol. The molecule has 1 aliphatic rings. The highest BCUT2D eigenvalue weighted by Crippen LogP contribution is 2.30. The molecule has 0 spiro atoms. The Morgan fingerprint density at radius 1 is 1.61 bits per heavy atom. The van der Waals surface area contributed by atoms with Gasteiger partial charge in [-0.2, -0.15) is 0 Å². The van der Waals surface area contributed by atoms with Crippen LogP contribution in [0.3, 0.4) is 0 Å². The quantitative estimate of drug-likeness (QED) is 0.644. The van der Waals surface area contributed by atoms with E-state index in [1.807, 2.05) is 0 Å². The number of nitro groups is 1. The molecule has 1 atom stereocenters. The highest BCUT2D eigenvalue weighted by Gasteiger charge is 2.18. The van der Waals surface area contributed by atoms with E-state index in [4.69, 9.17) is 0 Å². The fourth-order valence-electron chi connectivity index (χ4n) is 2.11. The average Bonchev–Trinajstić information content (AvgIpc) is 2.84. The minimum Gasteiger partial charge on any atom is -0.378 e. The van der Waals surface area contributed by atoms with Gasteiger partial charge in [0.05, 0.1) is 9.40 Å². The monoisotopic (exact) mass is 314 g/mol. The molecule has 7 heteroatoms. The average molecular weight is 315 g/mol. The van der Waals surface area contributed by atoms with Crippen LogP contribution in [0.15, 0.2) is 16.9 Å². The molecule has 0 aromatic carbocycles. The maximum absolute atomic E-state index is 10.9. The lowest BCUT2D eigenvalue weighted by Gasteiger charge is -2.12. The van der Waals surface area contributed by atoms with Gasteiger partial charge in [-0.15, -0.1) is 0 Å². The van der Waals surface area contributed by atoms with Gasteiger partial charge in [0.15, 0.2) is 0 Å². The van der Waals surface area contributed by atoms with Crippen LogP contribution in [0.2, 0.25) is 0 Å². The Bertz CT molecular complexity index is 435. The van der Waals surface area contributed by atoms with Crippen molar-refractivity contribution in [3.05, 3.63) is 27.0 Å². The van der Waals surface area contributed by atoms with Gasteiger partial charge in [-0.3, -0.25) is 15.1 Å². The van der Waals surface area contributed by atoms with Crippen molar-refractivity contribution in [1.29, 1.82) is 0 Å². The van der Waals surface area contributed by atoms with E-state index in [1.54, 1.807) is 6.20 Å². The normalized spacial score (nSPS) is 18.8. The summed E-state index contributed by atoms with van der Waals surface area (Å²) in [5, 5.41) is 17.4. The van der Waals surface area contributed by atoms with E-state index in [1.165, 1.54) is 19.0 Å². The Labute approximate surface area is 113 Å². The van der Waals surface area contributed by atoms with Gasteiger partial charge >= 0.3 is 5.69 Å². The zero-order valence-electron chi connectivity index (χ0n) is 9.86. The van der Waals surface area contributed by atoms with Crippen molar-refractivity contribution in [2.75, 3.05) is 18.4 Å². The molecule has 2 rings (SSSR count). The van der Waals surface area contributed by atoms with Crippen LogP contribution in [-0.2, 0) is 0 Å². The Balaban J connectivity index is 1.97. The lowest BCUT2D eigenvalue weighted by Crippen LogP contribution is -2.24. The second-order valence-electron chi connectivity index (χ2n) is 4.28. The van der Waals surface area contributed by atoms with Gasteiger partial charge in [-0.05, 0) is 41.7 Å². The van der Waals surface area contributed by atoms with Crippen molar-refractivity contribution in [2.24, 2.45) is 0 Å². The van der Waals surface area contributed by atoms with Gasteiger partial charge in [-0.25, -0.2) is 0 Å². The molecular weight excluding hydrogens is 300 g/mol. The molecule has 1 saturated heterocycles. The van der Waals surface area contributed by atoms with E-state index in [9.17, 15) is 10.1 Å². The van der Waals surface area contributed by atoms with Crippen molar-refractivity contribution >= 4 is 27.3 Å². The highest BCUT2D eigenvalue weighted by molar-refractivity contribution is 9.10. The number of rotatable bonds is 5. The highest BCUT2D eigenvalue weighted by atomic mass is 79.9. The molecule has 1 aliphatic heterocycles. The van der Waals surface area contributed by atoms with Crippen LogP contribution in [0, 0.1) is 10.1 Å². The summed E-state index contributed by atoms with van der Waals surface area (Å²) in [7, 11) is 0. The number of hydrogen-bond acceptors (Lipinski definition) is 5. The van der Waals surface area contributed by atoms with Gasteiger partial charge in [0.1, 0.15) is 11.9 Å². The standard InChI is InChI=1S/C11H15BrN4O2/c12-9-6-13-7-10(16(17)18)11(9)15-5-3-8-2-1-4-14-8/h6-8,14H,1-5H2,(H,13,15)/t8-/m1/s1. The summed E-state index contributed by atoms with van der Waals surface area (Å²) in [6.45, 7) is 1.78. The molecule has 0 radical (unpaired) electrons. The van der Waals surface area contributed by atoms with Gasteiger partial charge in [-0.1, -0.05) is 0 Å². The fraction of sp³-hybridized carbons (Fsp3) is 0.545. The Kier molecular flexibility index (Phi) is 4.48. The van der Waals surface area contributed by atoms with Crippen LogP contribution in [0.1, 0.15) is 19.3 Å². The van der Waals surface area contributed by atoms with E-state index >= 15 is 0 Å². The van der Waals surface area contributed by atoms with Gasteiger partial charge < -0.3 is 10.6 Å². The predicted octanol–water partition coefficient (Wildman–Crippen LogP) is 2.31. The summed E-state index contributed by atoms with van der Waals surface area (Å²) >= 11 is 3.28. The summed E-state index contributed by atoms with van der Waals surface area (Å²) in [6, 6.07) is 0.525. The summed E-state index contributed by atoms with van der Waals surface area (Å²) in [6.07, 6.45) is 6.18. The summed E-state index contributed by atoms with van der Waals surface area (Å²) in [5.41, 5.74) is 0.511. The third-order valence-corrected chi connectivity index (χ3v) is 3.63. The molecule has 0 saturated carbocycles. The van der Waals surface area contributed by atoms with Crippen molar-refractivity contribution in [3.63, 3.8) is 0 Å². The zero-order valence-corrected chi connectivity index (χ0v) is 11.4. The number of halogens is 1. The lowest BCUT2D eigenvalue weighted by atomic mass is 10.1. The topological polar surface area (TPSA) is 80.1 Å². The van der Waals surface area contributed by atoms with E-state index in [0.29, 0.717) is 22.7 Å². The first-order valence-electron chi connectivity index (χ1n) is 5.93. The summed E-state index contributed by atoms with van der Waals surface area (Å²) < 4.78 is 0.621. The van der Waals surface area contributed by atoms with E-state index < -0.39 is 4.92 Å². The van der Waals surface area contributed by atoms with E-state index in [0.717, 1.165) is 13.0 Å². The van der Waals surface area contributed by atoms with E-state index in [2.05, 4.69) is 31.5 Å². The third kappa shape index (κ3) is 3.17. The van der Waals surface area contributed by atoms with Crippen LogP contribution in [0.4, 0.5) is 11.4 Å². The Morgan fingerprint density at radius 3 is 3.11 bits per heavy atom. The third-order valence-electron chi connectivity index (χ3n) is 3.03. The minimum atomic E-state index is -0.423. The van der Waals surface area contributed by atoms with Crippen molar-refractivity contribution < 1.29 is 4.92 Å². The zero-order chi connectivity index (χ0) is 13.0. The SMILES string of the molecule is O=[N+]([O-])c1cncc(Br)c1NCC[C@H]1CCCN1. The second kappa shape index (κ2) is 6.10. The summed E-state index contributed by atoms with van der Waals surface area (Å²) in [5.74, 6) is 0. The molecule has 2 N–H and O–H groups in total. The molecule has 18 heavy (non-hydrogen) atoms. The fourth-order valence-corrected chi connectivity index (χ4v) is 2.57. The van der Waals surface area contributed by atoms with Gasteiger partial charge in [0.2, 0.25) is 0 Å². The Morgan fingerprint density at radius 2 is 2.44 bits per heavy atom. The maximum Gasteiger partial charge on any atom is 0.311 e. The number of pyridine rings is 1. The van der Waals surface area contributed by atoms with Crippen LogP contribution in [-0.4, -0.2) is 29.0 Å².